The summed E-state index contributed by atoms with van der Waals surface area (Å²) in [6, 6.07) is 8.59. The lowest BCUT2D eigenvalue weighted by molar-refractivity contribution is 0.0693. The molecule has 6 nitrogen and oxygen atoms in total. The number of H-pyrrole nitrogens is 1. The largest absolute Gasteiger partial charge is 0.486 e. The smallest absolute Gasteiger partial charge is 0.183 e. The molecule has 1 atom stereocenters. The predicted molar refractivity (Wildman–Crippen MR) is 98.7 cm³/mol. The van der Waals surface area contributed by atoms with Crippen LogP contribution < -0.4 is 9.64 Å². The first-order valence-electron chi connectivity index (χ1n) is 9.34. The summed E-state index contributed by atoms with van der Waals surface area (Å²) in [4.78, 5) is 15.6. The van der Waals surface area contributed by atoms with Crippen molar-refractivity contribution in [3.8, 4) is 17.1 Å². The van der Waals surface area contributed by atoms with Crippen LogP contribution in [-0.4, -0.2) is 47.4 Å². The lowest BCUT2D eigenvalue weighted by Crippen LogP contribution is -2.51. The molecule has 6 heteroatoms. The van der Waals surface area contributed by atoms with Crippen LogP contribution in [0.1, 0.15) is 24.5 Å². The maximum atomic E-state index is 6.14. The van der Waals surface area contributed by atoms with Crippen molar-refractivity contribution in [3.63, 3.8) is 0 Å². The molecule has 2 aromatic heterocycles. The van der Waals surface area contributed by atoms with Crippen LogP contribution in [0.25, 0.3) is 22.3 Å². The zero-order valence-electron chi connectivity index (χ0n) is 14.4. The number of hydrogen-bond donors (Lipinski definition) is 1. The Bertz CT molecular complexity index is 995. The van der Waals surface area contributed by atoms with Gasteiger partial charge in [0.25, 0.3) is 0 Å². The summed E-state index contributed by atoms with van der Waals surface area (Å²) in [6.45, 7) is 2.95. The SMILES string of the molecule is c1cc(-c2nc(C3CC3)c3c(n2)N2CCOC[C@H]2CO3)c2cc[nH]c2c1. The monoisotopic (exact) mass is 348 g/mol. The average molecular weight is 348 g/mol. The molecule has 132 valence electrons. The van der Waals surface area contributed by atoms with Gasteiger partial charge in [-0.05, 0) is 25.0 Å². The number of rotatable bonds is 2. The first-order chi connectivity index (χ1) is 12.9. The normalized spacial score (nSPS) is 22.0. The molecule has 26 heavy (non-hydrogen) atoms. The maximum absolute atomic E-state index is 6.14. The highest BCUT2D eigenvalue weighted by molar-refractivity contribution is 5.93. The molecule has 0 amide bonds. The molecule has 0 spiro atoms. The Labute approximate surface area is 151 Å². The van der Waals surface area contributed by atoms with Gasteiger partial charge in [-0.2, -0.15) is 0 Å². The van der Waals surface area contributed by atoms with Crippen LogP contribution in [0.2, 0.25) is 0 Å². The molecule has 0 bridgehead atoms. The van der Waals surface area contributed by atoms with Gasteiger partial charge >= 0.3 is 0 Å². The number of nitrogens with zero attached hydrogens (tertiary/aromatic N) is 3. The van der Waals surface area contributed by atoms with E-state index < -0.39 is 0 Å². The molecule has 4 heterocycles. The van der Waals surface area contributed by atoms with Crippen LogP contribution in [0.3, 0.4) is 0 Å². The number of ether oxygens (including phenoxy) is 2. The first kappa shape index (κ1) is 14.6. The molecule has 1 saturated heterocycles. The van der Waals surface area contributed by atoms with Crippen LogP contribution >= 0.6 is 0 Å². The molecule has 1 N–H and O–H groups in total. The van der Waals surface area contributed by atoms with Gasteiger partial charge in [0.2, 0.25) is 0 Å². The minimum absolute atomic E-state index is 0.245. The molecule has 0 unspecified atom stereocenters. The minimum Gasteiger partial charge on any atom is -0.486 e. The Morgan fingerprint density at radius 2 is 2.08 bits per heavy atom. The fraction of sp³-hybridized carbons (Fsp3) is 0.400. The van der Waals surface area contributed by atoms with Gasteiger partial charge in [-0.25, -0.2) is 9.97 Å². The predicted octanol–water partition coefficient (Wildman–Crippen LogP) is 3.10. The standard InChI is InChI=1S/C20H20N4O2/c1-2-15(14-6-7-21-16(14)3-1)19-22-17(12-4-5-12)18-20(23-19)24-8-9-25-10-13(24)11-26-18/h1-3,6-7,12-13,21H,4-5,8-11H2/t13-/m0/s1. The van der Waals surface area contributed by atoms with E-state index in [2.05, 4.69) is 34.1 Å². The number of aromatic amines is 1. The topological polar surface area (TPSA) is 63.3 Å². The summed E-state index contributed by atoms with van der Waals surface area (Å²) in [6.07, 6.45) is 4.34. The van der Waals surface area contributed by atoms with Gasteiger partial charge in [0.05, 0.1) is 24.9 Å². The van der Waals surface area contributed by atoms with Crippen molar-refractivity contribution >= 4 is 16.7 Å². The third-order valence-electron chi connectivity index (χ3n) is 5.59. The van der Waals surface area contributed by atoms with E-state index in [1.54, 1.807) is 0 Å². The van der Waals surface area contributed by atoms with Gasteiger partial charge in [-0.1, -0.05) is 12.1 Å². The van der Waals surface area contributed by atoms with E-state index >= 15 is 0 Å². The molecule has 3 aromatic rings. The van der Waals surface area contributed by atoms with E-state index in [0.29, 0.717) is 19.1 Å². The van der Waals surface area contributed by atoms with Gasteiger partial charge in [0.15, 0.2) is 17.4 Å². The summed E-state index contributed by atoms with van der Waals surface area (Å²) in [5, 5.41) is 1.16. The van der Waals surface area contributed by atoms with Gasteiger partial charge in [0, 0.05) is 35.1 Å². The van der Waals surface area contributed by atoms with Crippen molar-refractivity contribution < 1.29 is 9.47 Å². The third kappa shape index (κ3) is 2.15. The summed E-state index contributed by atoms with van der Waals surface area (Å²) in [5.41, 5.74) is 3.27. The van der Waals surface area contributed by atoms with Crippen LogP contribution in [0.5, 0.6) is 5.75 Å². The fourth-order valence-corrected chi connectivity index (χ4v) is 4.07. The quantitative estimate of drug-likeness (QED) is 0.771. The highest BCUT2D eigenvalue weighted by atomic mass is 16.5. The van der Waals surface area contributed by atoms with E-state index in [9.17, 15) is 0 Å². The number of fused-ring (bicyclic) bond motifs is 4. The number of hydrogen-bond acceptors (Lipinski definition) is 5. The molecule has 3 aliphatic rings. The number of morpholine rings is 1. The zero-order valence-corrected chi connectivity index (χ0v) is 14.4. The number of benzene rings is 1. The highest BCUT2D eigenvalue weighted by Gasteiger charge is 2.38. The third-order valence-corrected chi connectivity index (χ3v) is 5.59. The molecular weight excluding hydrogens is 328 g/mol. The molecule has 2 fully saturated rings. The Balaban J connectivity index is 1.56. The molecule has 1 aromatic carbocycles. The molecular formula is C20H20N4O2. The van der Waals surface area contributed by atoms with Gasteiger partial charge in [-0.15, -0.1) is 0 Å². The zero-order chi connectivity index (χ0) is 17.1. The number of anilines is 1. The first-order valence-corrected chi connectivity index (χ1v) is 9.34. The van der Waals surface area contributed by atoms with Gasteiger partial charge in [-0.3, -0.25) is 0 Å². The van der Waals surface area contributed by atoms with Crippen molar-refractivity contribution in [2.24, 2.45) is 0 Å². The summed E-state index contributed by atoms with van der Waals surface area (Å²) < 4.78 is 11.8. The Hall–Kier alpha value is -2.60. The second kappa shape index (κ2) is 5.45. The van der Waals surface area contributed by atoms with Gasteiger partial charge in [0.1, 0.15) is 6.61 Å². The lowest BCUT2D eigenvalue weighted by Gasteiger charge is -2.40. The molecule has 1 saturated carbocycles. The van der Waals surface area contributed by atoms with Crippen LogP contribution in [0, 0.1) is 0 Å². The lowest BCUT2D eigenvalue weighted by atomic mass is 10.1. The Kier molecular flexibility index (Phi) is 3.05. The van der Waals surface area contributed by atoms with E-state index in [1.807, 2.05) is 6.20 Å². The van der Waals surface area contributed by atoms with Crippen LogP contribution in [0.4, 0.5) is 5.82 Å². The van der Waals surface area contributed by atoms with Crippen molar-refractivity contribution in [2.75, 3.05) is 31.3 Å². The summed E-state index contributed by atoms with van der Waals surface area (Å²) >= 11 is 0. The molecule has 6 rings (SSSR count). The Morgan fingerprint density at radius 1 is 1.12 bits per heavy atom. The van der Waals surface area contributed by atoms with Crippen molar-refractivity contribution in [2.45, 2.75) is 24.8 Å². The second-order valence-corrected chi connectivity index (χ2v) is 7.34. The molecule has 0 radical (unpaired) electrons. The van der Waals surface area contributed by atoms with E-state index in [4.69, 9.17) is 19.4 Å². The van der Waals surface area contributed by atoms with Crippen LogP contribution in [0.15, 0.2) is 30.5 Å². The summed E-state index contributed by atoms with van der Waals surface area (Å²) in [7, 11) is 0. The molecule has 2 aliphatic heterocycles. The fourth-order valence-electron chi connectivity index (χ4n) is 4.07. The van der Waals surface area contributed by atoms with E-state index in [1.165, 1.54) is 12.8 Å². The molecule has 1 aliphatic carbocycles. The van der Waals surface area contributed by atoms with Crippen molar-refractivity contribution in [1.82, 2.24) is 15.0 Å². The highest BCUT2D eigenvalue weighted by Crippen LogP contribution is 2.48. The number of nitrogens with one attached hydrogen (secondary N) is 1. The summed E-state index contributed by atoms with van der Waals surface area (Å²) in [5.74, 6) is 3.15. The number of aromatic nitrogens is 3. The van der Waals surface area contributed by atoms with E-state index in [-0.39, 0.29) is 6.04 Å². The van der Waals surface area contributed by atoms with E-state index in [0.717, 1.165) is 52.7 Å². The minimum atomic E-state index is 0.245. The van der Waals surface area contributed by atoms with Gasteiger partial charge < -0.3 is 19.4 Å². The van der Waals surface area contributed by atoms with Crippen molar-refractivity contribution in [3.05, 3.63) is 36.2 Å². The second-order valence-electron chi connectivity index (χ2n) is 7.34. The maximum Gasteiger partial charge on any atom is 0.183 e. The average Bonchev–Trinajstić information content (AvgIpc) is 3.43. The van der Waals surface area contributed by atoms with Crippen molar-refractivity contribution in [1.29, 1.82) is 0 Å². The van der Waals surface area contributed by atoms with Crippen LogP contribution in [-0.2, 0) is 4.74 Å². The Morgan fingerprint density at radius 3 is 3.00 bits per heavy atom.